The zero-order valence-electron chi connectivity index (χ0n) is 16.3. The minimum atomic E-state index is -0.522. The molecule has 29 heavy (non-hydrogen) atoms. The normalized spacial score (nSPS) is 26.7. The Morgan fingerprint density at radius 2 is 2.03 bits per heavy atom. The molecule has 4 rings (SSSR count). The topological polar surface area (TPSA) is 71.9 Å². The van der Waals surface area contributed by atoms with Crippen LogP contribution in [-0.4, -0.2) is 53.4 Å². The van der Waals surface area contributed by atoms with Gasteiger partial charge in [-0.05, 0) is 54.5 Å². The molecule has 1 aromatic heterocycles. The van der Waals surface area contributed by atoms with E-state index in [9.17, 15) is 9.90 Å². The fourth-order valence-electron chi connectivity index (χ4n) is 4.53. The summed E-state index contributed by atoms with van der Waals surface area (Å²) < 4.78 is 10.8. The van der Waals surface area contributed by atoms with Crippen molar-refractivity contribution in [3.05, 3.63) is 58.9 Å². The second-order valence-electron chi connectivity index (χ2n) is 7.94. The number of benzene rings is 1. The predicted octanol–water partition coefficient (Wildman–Crippen LogP) is 3.17. The number of pyridine rings is 1. The Hall–Kier alpha value is -2.15. The number of methoxy groups -OCH3 is 1. The molecule has 0 radical (unpaired) electrons. The Labute approximate surface area is 175 Å². The fraction of sp³-hybridized carbons (Fsp3) is 0.455. The van der Waals surface area contributed by atoms with Crippen LogP contribution in [0.3, 0.4) is 0 Å². The molecule has 6 nitrogen and oxygen atoms in total. The van der Waals surface area contributed by atoms with Gasteiger partial charge in [0, 0.05) is 32.0 Å². The third-order valence-corrected chi connectivity index (χ3v) is 6.08. The summed E-state index contributed by atoms with van der Waals surface area (Å²) in [6.45, 7) is 2.73. The van der Waals surface area contributed by atoms with Gasteiger partial charge >= 0.3 is 5.97 Å². The summed E-state index contributed by atoms with van der Waals surface area (Å²) in [5.41, 5.74) is 1.54. The lowest BCUT2D eigenvalue weighted by molar-refractivity contribution is -0.0231. The molecule has 1 aliphatic carbocycles. The number of aliphatic hydroxyl groups excluding tert-OH is 1. The minimum Gasteiger partial charge on any atom is -0.488 e. The Bertz CT molecular complexity index is 877. The van der Waals surface area contributed by atoms with Crippen molar-refractivity contribution in [3.63, 3.8) is 0 Å². The van der Waals surface area contributed by atoms with E-state index in [-0.39, 0.29) is 6.10 Å². The highest BCUT2D eigenvalue weighted by atomic mass is 35.5. The highest BCUT2D eigenvalue weighted by molar-refractivity contribution is 6.30. The maximum absolute atomic E-state index is 11.7. The van der Waals surface area contributed by atoms with E-state index < -0.39 is 12.1 Å². The molecule has 1 aliphatic heterocycles. The van der Waals surface area contributed by atoms with E-state index in [1.807, 2.05) is 12.3 Å². The number of carbonyl (C=O) groups is 1. The average Bonchev–Trinajstić information content (AvgIpc) is 3.08. The molecule has 0 spiro atoms. The molecule has 154 valence electrons. The van der Waals surface area contributed by atoms with Crippen LogP contribution < -0.4 is 4.74 Å². The molecule has 2 aromatic rings. The number of halogens is 1. The number of hydrogen-bond acceptors (Lipinski definition) is 6. The van der Waals surface area contributed by atoms with Crippen LogP contribution in [0.25, 0.3) is 0 Å². The fourth-order valence-corrected chi connectivity index (χ4v) is 4.73. The molecule has 1 aromatic carbocycles. The van der Waals surface area contributed by atoms with Gasteiger partial charge in [0.05, 0.1) is 23.8 Å². The number of likely N-dealkylation sites (tertiary alicyclic amines) is 1. The van der Waals surface area contributed by atoms with Gasteiger partial charge in [0.1, 0.15) is 11.9 Å². The number of esters is 1. The third kappa shape index (κ3) is 4.71. The van der Waals surface area contributed by atoms with Crippen LogP contribution in [-0.2, 0) is 11.3 Å². The molecule has 0 amide bonds. The summed E-state index contributed by atoms with van der Waals surface area (Å²) >= 11 is 6.05. The highest BCUT2D eigenvalue weighted by Gasteiger charge is 2.42. The molecule has 7 heteroatoms. The molecule has 4 atom stereocenters. The van der Waals surface area contributed by atoms with E-state index in [2.05, 4.69) is 9.88 Å². The standard InChI is InChI=1S/C22H25ClN2O4/c1-28-22(27)15-3-2-4-19(6-15)29-21-8-17-13-25(12-16(17)7-20(21)26)11-14-5-18(23)10-24-9-14/h2-6,9-10,16-17,20-21,26H,7-8,11-13H2,1H3/t16-,17+,20+,21+/m0/s1. The Kier molecular flexibility index (Phi) is 6.04. The lowest BCUT2D eigenvalue weighted by Crippen LogP contribution is -2.42. The molecule has 2 heterocycles. The van der Waals surface area contributed by atoms with Crippen LogP contribution >= 0.6 is 11.6 Å². The van der Waals surface area contributed by atoms with Gasteiger partial charge in [-0.25, -0.2) is 4.79 Å². The first-order valence-electron chi connectivity index (χ1n) is 9.86. The van der Waals surface area contributed by atoms with Gasteiger partial charge in [-0.1, -0.05) is 17.7 Å². The predicted molar refractivity (Wildman–Crippen MR) is 109 cm³/mol. The number of carbonyl (C=O) groups excluding carboxylic acids is 1. The van der Waals surface area contributed by atoms with Crippen LogP contribution in [0.4, 0.5) is 0 Å². The molecular formula is C22H25ClN2O4. The number of hydrogen-bond donors (Lipinski definition) is 1. The van der Waals surface area contributed by atoms with Gasteiger partial charge in [-0.3, -0.25) is 9.88 Å². The van der Waals surface area contributed by atoms with Gasteiger partial charge in [0.25, 0.3) is 0 Å². The van der Waals surface area contributed by atoms with E-state index in [1.54, 1.807) is 30.5 Å². The number of ether oxygens (including phenoxy) is 2. The van der Waals surface area contributed by atoms with E-state index in [1.165, 1.54) is 7.11 Å². The number of nitrogens with zero attached hydrogens (tertiary/aromatic N) is 2. The van der Waals surface area contributed by atoms with Crippen molar-refractivity contribution in [2.24, 2.45) is 11.8 Å². The van der Waals surface area contributed by atoms with Crippen molar-refractivity contribution in [1.82, 2.24) is 9.88 Å². The molecule has 2 fully saturated rings. The molecular weight excluding hydrogens is 392 g/mol. The van der Waals surface area contributed by atoms with Crippen molar-refractivity contribution in [3.8, 4) is 5.75 Å². The van der Waals surface area contributed by atoms with Crippen LogP contribution in [0.15, 0.2) is 42.7 Å². The average molecular weight is 417 g/mol. The van der Waals surface area contributed by atoms with Crippen molar-refractivity contribution < 1.29 is 19.4 Å². The van der Waals surface area contributed by atoms with Gasteiger partial charge < -0.3 is 14.6 Å². The molecule has 1 N–H and O–H groups in total. The number of aliphatic hydroxyl groups is 1. The summed E-state index contributed by atoms with van der Waals surface area (Å²) in [5, 5.41) is 11.3. The van der Waals surface area contributed by atoms with Crippen LogP contribution in [0, 0.1) is 11.8 Å². The minimum absolute atomic E-state index is 0.281. The molecule has 1 saturated heterocycles. The Morgan fingerprint density at radius 3 is 2.79 bits per heavy atom. The SMILES string of the molecule is COC(=O)c1cccc(O[C@@H]2C[C@@H]3CN(Cc4cncc(Cl)c4)C[C@@H]3C[C@H]2O)c1. The van der Waals surface area contributed by atoms with Gasteiger partial charge in [-0.2, -0.15) is 0 Å². The van der Waals surface area contributed by atoms with E-state index in [4.69, 9.17) is 21.1 Å². The van der Waals surface area contributed by atoms with Gasteiger partial charge in [0.15, 0.2) is 0 Å². The molecule has 0 unspecified atom stereocenters. The van der Waals surface area contributed by atoms with E-state index in [0.29, 0.717) is 28.2 Å². The van der Waals surface area contributed by atoms with Gasteiger partial charge in [-0.15, -0.1) is 0 Å². The summed E-state index contributed by atoms with van der Waals surface area (Å²) in [5.74, 6) is 1.11. The summed E-state index contributed by atoms with van der Waals surface area (Å²) in [7, 11) is 1.35. The second kappa shape index (κ2) is 8.69. The van der Waals surface area contributed by atoms with Gasteiger partial charge in [0.2, 0.25) is 0 Å². The number of aromatic nitrogens is 1. The zero-order valence-corrected chi connectivity index (χ0v) is 17.1. The van der Waals surface area contributed by atoms with E-state index in [0.717, 1.165) is 38.0 Å². The van der Waals surface area contributed by atoms with Crippen LogP contribution in [0.1, 0.15) is 28.8 Å². The first kappa shape index (κ1) is 20.1. The lowest BCUT2D eigenvalue weighted by atomic mass is 9.78. The highest BCUT2D eigenvalue weighted by Crippen LogP contribution is 2.38. The number of fused-ring (bicyclic) bond motifs is 1. The maximum Gasteiger partial charge on any atom is 0.337 e. The Morgan fingerprint density at radius 1 is 1.24 bits per heavy atom. The van der Waals surface area contributed by atoms with Crippen LogP contribution in [0.5, 0.6) is 5.75 Å². The zero-order chi connectivity index (χ0) is 20.4. The van der Waals surface area contributed by atoms with Crippen molar-refractivity contribution in [1.29, 1.82) is 0 Å². The van der Waals surface area contributed by atoms with Crippen molar-refractivity contribution in [2.75, 3.05) is 20.2 Å². The first-order chi connectivity index (χ1) is 14.0. The first-order valence-corrected chi connectivity index (χ1v) is 10.2. The Balaban J connectivity index is 1.38. The summed E-state index contributed by atoms with van der Waals surface area (Å²) in [6, 6.07) is 8.86. The van der Waals surface area contributed by atoms with Crippen LogP contribution in [0.2, 0.25) is 5.02 Å². The largest absolute Gasteiger partial charge is 0.488 e. The summed E-state index contributed by atoms with van der Waals surface area (Å²) in [6.07, 6.45) is 4.20. The van der Waals surface area contributed by atoms with E-state index >= 15 is 0 Å². The molecule has 0 bridgehead atoms. The molecule has 1 saturated carbocycles. The maximum atomic E-state index is 11.7. The molecule has 2 aliphatic rings. The van der Waals surface area contributed by atoms with Crippen molar-refractivity contribution >= 4 is 17.6 Å². The summed E-state index contributed by atoms with van der Waals surface area (Å²) in [4.78, 5) is 18.3. The smallest absolute Gasteiger partial charge is 0.337 e. The van der Waals surface area contributed by atoms with Crippen molar-refractivity contribution in [2.45, 2.75) is 31.6 Å². The monoisotopic (exact) mass is 416 g/mol. The number of rotatable bonds is 5. The quantitative estimate of drug-likeness (QED) is 0.755. The second-order valence-corrected chi connectivity index (χ2v) is 8.38. The lowest BCUT2D eigenvalue weighted by Gasteiger charge is -2.35. The third-order valence-electron chi connectivity index (χ3n) is 5.87.